The van der Waals surface area contributed by atoms with Gasteiger partial charge in [0.05, 0.1) is 36.1 Å². The largest absolute Gasteiger partial charge is 0.431 e. The van der Waals surface area contributed by atoms with Crippen molar-refractivity contribution in [2.75, 3.05) is 4.90 Å². The topological polar surface area (TPSA) is 115 Å². The summed E-state index contributed by atoms with van der Waals surface area (Å²) in [5, 5.41) is 11.1. The molecule has 1 atom stereocenters. The van der Waals surface area contributed by atoms with Gasteiger partial charge in [-0.2, -0.15) is 10.2 Å². The van der Waals surface area contributed by atoms with Gasteiger partial charge in [0.15, 0.2) is 0 Å². The molecule has 10 heteroatoms. The lowest BCUT2D eigenvalue weighted by Crippen LogP contribution is -2.47. The Morgan fingerprint density at radius 1 is 0.868 bits per heavy atom. The van der Waals surface area contributed by atoms with Gasteiger partial charge in [-0.05, 0) is 59.2 Å². The zero-order valence-corrected chi connectivity index (χ0v) is 20.4. The number of carbonyl (C=O) groups is 2. The van der Waals surface area contributed by atoms with Crippen molar-refractivity contribution in [1.29, 1.82) is 0 Å². The van der Waals surface area contributed by atoms with Crippen molar-refractivity contribution < 1.29 is 18.8 Å². The molecular weight excluding hydrogens is 484 g/mol. The van der Waals surface area contributed by atoms with Crippen LogP contribution < -0.4 is 15.2 Å². The first-order chi connectivity index (χ1) is 18.6. The van der Waals surface area contributed by atoms with E-state index in [1.54, 1.807) is 28.9 Å². The zero-order chi connectivity index (χ0) is 26.1. The molecule has 2 amide bonds. The van der Waals surface area contributed by atoms with Crippen LogP contribution in [0, 0.1) is 0 Å². The minimum atomic E-state index is -0.661. The van der Waals surface area contributed by atoms with E-state index >= 15 is 0 Å². The molecule has 1 saturated heterocycles. The number of azo groups is 1. The monoisotopic (exact) mass is 509 g/mol. The van der Waals surface area contributed by atoms with Crippen molar-refractivity contribution in [3.63, 3.8) is 0 Å². The summed E-state index contributed by atoms with van der Waals surface area (Å²) in [6.45, 7) is 0.182. The van der Waals surface area contributed by atoms with Gasteiger partial charge in [0.25, 0.3) is 5.91 Å². The number of hydrogen-bond donors (Lipinski definition) is 1. The molecule has 2 heterocycles. The van der Waals surface area contributed by atoms with E-state index in [0.29, 0.717) is 17.1 Å². The Kier molecular flexibility index (Phi) is 6.22. The summed E-state index contributed by atoms with van der Waals surface area (Å²) in [6, 6.07) is 25.0. The Morgan fingerprint density at radius 2 is 1.50 bits per heavy atom. The van der Waals surface area contributed by atoms with Crippen molar-refractivity contribution in [2.24, 2.45) is 10.2 Å². The number of anilines is 1. The van der Waals surface area contributed by atoms with Gasteiger partial charge in [-0.1, -0.05) is 36.4 Å². The third kappa shape index (κ3) is 4.69. The summed E-state index contributed by atoms with van der Waals surface area (Å²) >= 11 is 0. The number of hydrogen-bond acceptors (Lipinski definition) is 7. The van der Waals surface area contributed by atoms with E-state index in [-0.39, 0.29) is 30.8 Å². The molecular formula is C28H25N6O4+. The van der Waals surface area contributed by atoms with Crippen LogP contribution in [0.3, 0.4) is 0 Å². The van der Waals surface area contributed by atoms with Crippen LogP contribution in [-0.2, 0) is 16.1 Å². The number of nitrogens with one attached hydrogen (secondary N) is 1. The van der Waals surface area contributed by atoms with Gasteiger partial charge in [-0.15, -0.1) is 0 Å². The lowest BCUT2D eigenvalue weighted by molar-refractivity contribution is -0.678. The number of rotatable bonds is 8. The molecule has 190 valence electrons. The number of aromatic nitrogens is 2. The van der Waals surface area contributed by atoms with Crippen LogP contribution in [0.2, 0.25) is 0 Å². The van der Waals surface area contributed by atoms with Crippen LogP contribution in [0.5, 0.6) is 0 Å². The second-order valence-corrected chi connectivity index (χ2v) is 9.34. The molecule has 4 aromatic rings. The number of para-hydroxylation sites is 1. The van der Waals surface area contributed by atoms with Gasteiger partial charge in [0.2, 0.25) is 11.6 Å². The fraction of sp³-hybridized carbons (Fsp3) is 0.214. The zero-order valence-electron chi connectivity index (χ0n) is 20.4. The number of imide groups is 1. The summed E-state index contributed by atoms with van der Waals surface area (Å²) in [5.74, 6) is -0.576. The van der Waals surface area contributed by atoms with Gasteiger partial charge in [0.1, 0.15) is 0 Å². The first-order valence-electron chi connectivity index (χ1n) is 12.5. The maximum atomic E-state index is 13.6. The number of aromatic amines is 1. The Labute approximate surface area is 217 Å². The summed E-state index contributed by atoms with van der Waals surface area (Å²) in [6.07, 6.45) is 1.85. The summed E-state index contributed by atoms with van der Waals surface area (Å²) in [5.41, 5.74) is 2.43. The van der Waals surface area contributed by atoms with Crippen molar-refractivity contribution in [1.82, 2.24) is 10.2 Å². The average molecular weight is 510 g/mol. The summed E-state index contributed by atoms with van der Waals surface area (Å²) < 4.78 is 6.67. The highest BCUT2D eigenvalue weighted by Gasteiger charge is 2.48. The van der Waals surface area contributed by atoms with Crippen LogP contribution in [0.25, 0.3) is 5.69 Å². The molecule has 0 radical (unpaired) electrons. The van der Waals surface area contributed by atoms with Gasteiger partial charge < -0.3 is 0 Å². The van der Waals surface area contributed by atoms with Crippen LogP contribution in [-0.4, -0.2) is 34.1 Å². The van der Waals surface area contributed by atoms with Gasteiger partial charge in [-0.25, -0.2) is 9.69 Å². The van der Waals surface area contributed by atoms with E-state index in [1.165, 1.54) is 4.90 Å². The second kappa shape index (κ2) is 9.98. The number of nitrogens with zero attached hydrogens (tertiary/aromatic N) is 5. The van der Waals surface area contributed by atoms with E-state index in [0.717, 1.165) is 24.2 Å². The third-order valence-electron chi connectivity index (χ3n) is 6.77. The molecule has 1 aliphatic carbocycles. The highest BCUT2D eigenvalue weighted by molar-refractivity contribution is 6.22. The van der Waals surface area contributed by atoms with Crippen LogP contribution >= 0.6 is 0 Å². The number of H-pyrrole nitrogens is 1. The number of benzene rings is 3. The first kappa shape index (κ1) is 23.7. The number of carbonyl (C=O) groups excluding carboxylic acids is 2. The maximum Gasteiger partial charge on any atom is 0.431 e. The minimum absolute atomic E-state index is 0.0475. The summed E-state index contributed by atoms with van der Waals surface area (Å²) in [7, 11) is 0. The van der Waals surface area contributed by atoms with Crippen molar-refractivity contribution in [3.05, 3.63) is 101 Å². The molecule has 2 aliphatic rings. The second-order valence-electron chi connectivity index (χ2n) is 9.34. The molecule has 1 aliphatic heterocycles. The van der Waals surface area contributed by atoms with Gasteiger partial charge in [0, 0.05) is 18.2 Å². The maximum absolute atomic E-state index is 13.6. The molecule has 38 heavy (non-hydrogen) atoms. The normalized spacial score (nSPS) is 17.7. The Bertz CT molecular complexity index is 1540. The van der Waals surface area contributed by atoms with Crippen molar-refractivity contribution >= 4 is 28.9 Å². The van der Waals surface area contributed by atoms with Crippen molar-refractivity contribution in [2.45, 2.75) is 37.9 Å². The molecule has 1 saturated carbocycles. The molecule has 10 nitrogen and oxygen atoms in total. The third-order valence-corrected chi connectivity index (χ3v) is 6.77. The lowest BCUT2D eigenvalue weighted by Gasteiger charge is -2.25. The number of amides is 2. The SMILES string of the molecule is O=C1CC(N(Cc2c(=O)o[nH][n+]2-c2ccccc2)C2CC2)C(=O)N1c1ccc(N=Nc2ccccc2)cc1. The van der Waals surface area contributed by atoms with E-state index in [4.69, 9.17) is 4.52 Å². The quantitative estimate of drug-likeness (QED) is 0.219. The van der Waals surface area contributed by atoms with Crippen LogP contribution in [0.4, 0.5) is 17.1 Å². The molecule has 2 fully saturated rings. The van der Waals surface area contributed by atoms with E-state index in [9.17, 15) is 14.4 Å². The molecule has 1 unspecified atom stereocenters. The highest BCUT2D eigenvalue weighted by atomic mass is 16.5. The minimum Gasteiger partial charge on any atom is -0.283 e. The van der Waals surface area contributed by atoms with E-state index < -0.39 is 11.7 Å². The molecule has 3 aromatic carbocycles. The van der Waals surface area contributed by atoms with Crippen molar-refractivity contribution in [3.8, 4) is 5.69 Å². The fourth-order valence-corrected chi connectivity index (χ4v) is 4.71. The molecule has 6 rings (SSSR count). The molecule has 0 spiro atoms. The Morgan fingerprint density at radius 3 is 2.16 bits per heavy atom. The standard InChI is InChI=1S/C28H24N6O4/c35-26-17-24(27(36)33(26)22-13-11-20(12-14-22)30-29-19-7-3-1-4-8-19)32(21-15-16-21)18-25-28(37)38-31-34(25)23-9-5-2-6-10-23/h1-14,21,24H,15-18H2/p+1. The fourth-order valence-electron chi connectivity index (χ4n) is 4.71. The smallest absolute Gasteiger partial charge is 0.283 e. The molecule has 1 aromatic heterocycles. The average Bonchev–Trinajstić information content (AvgIpc) is 3.67. The molecule has 1 N–H and O–H groups in total. The predicted molar refractivity (Wildman–Crippen MR) is 137 cm³/mol. The Hall–Kier alpha value is -4.70. The van der Waals surface area contributed by atoms with Crippen LogP contribution in [0.15, 0.2) is 104 Å². The predicted octanol–water partition coefficient (Wildman–Crippen LogP) is 3.96. The van der Waals surface area contributed by atoms with Gasteiger partial charge >= 0.3 is 11.3 Å². The van der Waals surface area contributed by atoms with Gasteiger partial charge in [-0.3, -0.25) is 19.0 Å². The summed E-state index contributed by atoms with van der Waals surface area (Å²) in [4.78, 5) is 42.4. The van der Waals surface area contributed by atoms with Crippen LogP contribution in [0.1, 0.15) is 25.0 Å². The Balaban J connectivity index is 1.22. The lowest BCUT2D eigenvalue weighted by atomic mass is 10.2. The van der Waals surface area contributed by atoms with E-state index in [1.807, 2.05) is 65.6 Å². The highest BCUT2D eigenvalue weighted by Crippen LogP contribution is 2.35. The van der Waals surface area contributed by atoms with E-state index in [2.05, 4.69) is 15.5 Å². The first-order valence-corrected chi connectivity index (χ1v) is 12.5. The molecule has 0 bridgehead atoms.